The molecular formula is C28H45FN10OS. The summed E-state index contributed by atoms with van der Waals surface area (Å²) in [6, 6.07) is 6.28. The third-order valence-corrected chi connectivity index (χ3v) is 6.29. The number of nitrogens with one attached hydrogen (secondary N) is 3. The standard InChI is InChI=1S/C17H24FN5O.C11H21N5S/c1-10-6-11(2)8-13(7-10)24-9-12(3)20-16-22-14(17(4,5)18)21-15(19)23-16;1-6-12-9-14-10(13-8(4)7(2)3)16-11(15-9)17-5/h6-8,12H,9H2,1-5H3,(H3,19,20,21,22,23);7-8H,6H2,1-5H3,(H2,12,13,14,15,16). The SMILES string of the molecule is CCNc1nc(NC(C)C(C)C)nc(SC)n1.Cc1cc(C)cc(OCC(C)Nc2nc(N)nc(C(C)(C)F)n2)c1. The van der Waals surface area contributed by atoms with Gasteiger partial charge >= 0.3 is 0 Å². The van der Waals surface area contributed by atoms with Crippen LogP contribution in [-0.4, -0.2) is 61.4 Å². The fraction of sp³-hybridized carbons (Fsp3) is 0.571. The molecule has 0 aliphatic carbocycles. The summed E-state index contributed by atoms with van der Waals surface area (Å²) in [5, 5.41) is 10.2. The maximum absolute atomic E-state index is 14.0. The number of hydrogen-bond acceptors (Lipinski definition) is 12. The molecular weight excluding hydrogens is 543 g/mol. The number of aryl methyl sites for hydroxylation is 2. The summed E-state index contributed by atoms with van der Waals surface area (Å²) in [5.74, 6) is 2.83. The zero-order valence-corrected chi connectivity index (χ0v) is 26.6. The lowest BCUT2D eigenvalue weighted by molar-refractivity contribution is 0.206. The van der Waals surface area contributed by atoms with Crippen molar-refractivity contribution in [3.05, 3.63) is 35.2 Å². The maximum atomic E-state index is 14.0. The first-order chi connectivity index (χ1) is 19.2. The molecule has 3 rings (SSSR count). The van der Waals surface area contributed by atoms with Gasteiger partial charge in [0.1, 0.15) is 12.4 Å². The third kappa shape index (κ3) is 11.9. The number of aromatic nitrogens is 6. The Kier molecular flexibility index (Phi) is 12.8. The van der Waals surface area contributed by atoms with Crippen LogP contribution in [0.25, 0.3) is 0 Å². The summed E-state index contributed by atoms with van der Waals surface area (Å²) in [5.41, 5.74) is 6.23. The highest BCUT2D eigenvalue weighted by molar-refractivity contribution is 7.98. The Balaban J connectivity index is 0.000000305. The van der Waals surface area contributed by atoms with Gasteiger partial charge in [0.05, 0.1) is 6.04 Å². The van der Waals surface area contributed by atoms with Gasteiger partial charge in [0, 0.05) is 12.6 Å². The van der Waals surface area contributed by atoms with E-state index in [9.17, 15) is 4.39 Å². The van der Waals surface area contributed by atoms with Gasteiger partial charge in [-0.3, -0.25) is 0 Å². The molecule has 11 nitrogen and oxygen atoms in total. The molecule has 0 bridgehead atoms. The minimum absolute atomic E-state index is 0.0000673. The van der Waals surface area contributed by atoms with E-state index in [1.54, 1.807) is 0 Å². The van der Waals surface area contributed by atoms with Crippen molar-refractivity contribution in [3.8, 4) is 5.75 Å². The predicted octanol–water partition coefficient (Wildman–Crippen LogP) is 5.64. The molecule has 41 heavy (non-hydrogen) atoms. The first-order valence-corrected chi connectivity index (χ1v) is 14.9. The molecule has 0 fully saturated rings. The molecule has 5 N–H and O–H groups in total. The Bertz CT molecular complexity index is 1230. The van der Waals surface area contributed by atoms with Crippen molar-refractivity contribution in [2.24, 2.45) is 5.92 Å². The van der Waals surface area contributed by atoms with E-state index >= 15 is 0 Å². The Morgan fingerprint density at radius 2 is 1.51 bits per heavy atom. The van der Waals surface area contributed by atoms with E-state index in [0.717, 1.165) is 28.6 Å². The molecule has 2 aromatic heterocycles. The van der Waals surface area contributed by atoms with Crippen LogP contribution in [0.15, 0.2) is 23.4 Å². The highest BCUT2D eigenvalue weighted by atomic mass is 32.2. The van der Waals surface area contributed by atoms with Gasteiger partial charge in [0.15, 0.2) is 16.6 Å². The zero-order valence-electron chi connectivity index (χ0n) is 25.8. The van der Waals surface area contributed by atoms with Crippen LogP contribution in [0, 0.1) is 19.8 Å². The van der Waals surface area contributed by atoms with Crippen molar-refractivity contribution in [2.45, 2.75) is 85.2 Å². The number of alkyl halides is 1. The normalized spacial score (nSPS) is 12.7. The first kappa shape index (κ1) is 33.7. The monoisotopic (exact) mass is 588 g/mol. The van der Waals surface area contributed by atoms with Crippen molar-refractivity contribution < 1.29 is 9.13 Å². The summed E-state index contributed by atoms with van der Waals surface area (Å²) in [4.78, 5) is 24.9. The average Bonchev–Trinajstić information content (AvgIpc) is 2.86. The van der Waals surface area contributed by atoms with Gasteiger partial charge in [0.25, 0.3) is 0 Å². The quantitative estimate of drug-likeness (QED) is 0.194. The van der Waals surface area contributed by atoms with Gasteiger partial charge < -0.3 is 26.4 Å². The Morgan fingerprint density at radius 1 is 0.902 bits per heavy atom. The van der Waals surface area contributed by atoms with Crippen LogP contribution in [0.1, 0.15) is 65.4 Å². The molecule has 2 heterocycles. The topological polar surface area (TPSA) is 149 Å². The minimum atomic E-state index is -1.69. The summed E-state index contributed by atoms with van der Waals surface area (Å²) in [6.07, 6.45) is 1.96. The zero-order chi connectivity index (χ0) is 30.7. The Hall–Kier alpha value is -3.48. The Labute approximate surface area is 247 Å². The number of benzene rings is 1. The molecule has 1 aromatic carbocycles. The van der Waals surface area contributed by atoms with Crippen LogP contribution in [0.3, 0.4) is 0 Å². The third-order valence-electron chi connectivity index (χ3n) is 5.74. The smallest absolute Gasteiger partial charge is 0.228 e. The van der Waals surface area contributed by atoms with E-state index in [0.29, 0.717) is 30.5 Å². The molecule has 13 heteroatoms. The van der Waals surface area contributed by atoms with Gasteiger partial charge in [0.2, 0.25) is 23.8 Å². The number of hydrogen-bond donors (Lipinski definition) is 4. The molecule has 0 aliphatic heterocycles. The number of rotatable bonds is 12. The second-order valence-electron chi connectivity index (χ2n) is 10.7. The van der Waals surface area contributed by atoms with Gasteiger partial charge in [-0.2, -0.15) is 29.9 Å². The molecule has 0 aliphatic rings. The summed E-state index contributed by atoms with van der Waals surface area (Å²) >= 11 is 1.52. The lowest BCUT2D eigenvalue weighted by atomic mass is 10.1. The molecule has 2 atom stereocenters. The van der Waals surface area contributed by atoms with Crippen molar-refractivity contribution in [3.63, 3.8) is 0 Å². The molecule has 3 aromatic rings. The maximum Gasteiger partial charge on any atom is 0.228 e. The summed E-state index contributed by atoms with van der Waals surface area (Å²) in [6.45, 7) is 18.4. The van der Waals surface area contributed by atoms with Crippen LogP contribution in [-0.2, 0) is 5.67 Å². The van der Waals surface area contributed by atoms with Crippen LogP contribution in [0.5, 0.6) is 5.75 Å². The number of nitrogen functional groups attached to an aromatic ring is 1. The van der Waals surface area contributed by atoms with E-state index in [4.69, 9.17) is 10.5 Å². The molecule has 0 saturated heterocycles. The van der Waals surface area contributed by atoms with Crippen molar-refractivity contribution in [1.82, 2.24) is 29.9 Å². The molecule has 0 radical (unpaired) electrons. The van der Waals surface area contributed by atoms with Gasteiger partial charge in [-0.05, 0) is 83.9 Å². The highest BCUT2D eigenvalue weighted by Crippen LogP contribution is 2.22. The van der Waals surface area contributed by atoms with E-state index in [-0.39, 0.29) is 23.8 Å². The van der Waals surface area contributed by atoms with E-state index in [2.05, 4.69) is 72.7 Å². The molecule has 226 valence electrons. The summed E-state index contributed by atoms with van der Waals surface area (Å²) in [7, 11) is 0. The predicted molar refractivity (Wildman–Crippen MR) is 167 cm³/mol. The van der Waals surface area contributed by atoms with Crippen LogP contribution in [0.4, 0.5) is 28.2 Å². The number of nitrogens with zero attached hydrogens (tertiary/aromatic N) is 6. The average molecular weight is 589 g/mol. The van der Waals surface area contributed by atoms with Crippen LogP contribution >= 0.6 is 11.8 Å². The van der Waals surface area contributed by atoms with Gasteiger partial charge in [-0.15, -0.1) is 0 Å². The fourth-order valence-corrected chi connectivity index (χ4v) is 3.70. The summed E-state index contributed by atoms with van der Waals surface area (Å²) < 4.78 is 19.8. The van der Waals surface area contributed by atoms with Crippen molar-refractivity contribution in [1.29, 1.82) is 0 Å². The van der Waals surface area contributed by atoms with Crippen molar-refractivity contribution >= 4 is 35.6 Å². The second kappa shape index (κ2) is 15.5. The molecule has 0 spiro atoms. The fourth-order valence-electron chi connectivity index (χ4n) is 3.34. The molecule has 0 saturated carbocycles. The lowest BCUT2D eigenvalue weighted by Gasteiger charge is -2.18. The van der Waals surface area contributed by atoms with Gasteiger partial charge in [-0.25, -0.2) is 4.39 Å². The number of ether oxygens (including phenoxy) is 1. The van der Waals surface area contributed by atoms with Crippen LogP contribution < -0.4 is 26.4 Å². The number of halogens is 1. The lowest BCUT2D eigenvalue weighted by Crippen LogP contribution is -2.26. The van der Waals surface area contributed by atoms with Crippen molar-refractivity contribution in [2.75, 3.05) is 41.1 Å². The number of thioether (sulfide) groups is 1. The van der Waals surface area contributed by atoms with Crippen LogP contribution in [0.2, 0.25) is 0 Å². The largest absolute Gasteiger partial charge is 0.491 e. The first-order valence-electron chi connectivity index (χ1n) is 13.7. The highest BCUT2D eigenvalue weighted by Gasteiger charge is 2.24. The minimum Gasteiger partial charge on any atom is -0.491 e. The van der Waals surface area contributed by atoms with Gasteiger partial charge in [-0.1, -0.05) is 31.7 Å². The Morgan fingerprint density at radius 3 is 2.07 bits per heavy atom. The molecule has 0 amide bonds. The van der Waals surface area contributed by atoms with E-state index < -0.39 is 5.67 Å². The van der Waals surface area contributed by atoms with E-state index in [1.807, 2.05) is 46.1 Å². The number of anilines is 4. The van der Waals surface area contributed by atoms with E-state index in [1.165, 1.54) is 25.6 Å². The second-order valence-corrected chi connectivity index (χ2v) is 11.4. The molecule has 2 unspecified atom stereocenters. The number of nitrogens with two attached hydrogens (primary N) is 1.